The summed E-state index contributed by atoms with van der Waals surface area (Å²) < 4.78 is 46.9. The van der Waals surface area contributed by atoms with E-state index < -0.39 is 46.6 Å². The molecule has 2 aromatic carbocycles. The minimum absolute atomic E-state index is 0.117. The van der Waals surface area contributed by atoms with Gasteiger partial charge in [-0.2, -0.15) is 17.4 Å². The molecule has 0 aliphatic carbocycles. The van der Waals surface area contributed by atoms with Gasteiger partial charge in [-0.1, -0.05) is 23.7 Å². The van der Waals surface area contributed by atoms with Crippen molar-refractivity contribution in [2.75, 3.05) is 19.0 Å². The molecule has 1 aliphatic heterocycles. The molecule has 0 bridgehead atoms. The summed E-state index contributed by atoms with van der Waals surface area (Å²) in [6, 6.07) is 8.11. The number of halogens is 2. The fourth-order valence-electron chi connectivity index (χ4n) is 3.07. The van der Waals surface area contributed by atoms with Gasteiger partial charge in [0, 0.05) is 18.8 Å². The van der Waals surface area contributed by atoms with Crippen molar-refractivity contribution in [1.29, 1.82) is 0 Å². The molecule has 1 heterocycles. The molecule has 0 radical (unpaired) electrons. The summed E-state index contributed by atoms with van der Waals surface area (Å²) in [5, 5.41) is 11.0. The highest BCUT2D eigenvalue weighted by Gasteiger charge is 2.40. The van der Waals surface area contributed by atoms with Crippen molar-refractivity contribution in [1.82, 2.24) is 9.03 Å². The van der Waals surface area contributed by atoms with E-state index in [1.54, 1.807) is 12.1 Å². The Balaban J connectivity index is 1.77. The molecule has 3 N–H and O–H groups in total. The number of nitrogens with one attached hydrogen (secondary N) is 2. The number of aliphatic carboxylic acids is 1. The highest BCUT2D eigenvalue weighted by Crippen LogP contribution is 2.30. The number of hydrogen-bond acceptors (Lipinski definition) is 5. The second-order valence-electron chi connectivity index (χ2n) is 6.81. The van der Waals surface area contributed by atoms with Gasteiger partial charge in [-0.15, -0.1) is 0 Å². The molecule has 166 valence electrons. The normalized spacial score (nSPS) is 20.7. The predicted molar refractivity (Wildman–Crippen MR) is 111 cm³/mol. The number of benzene rings is 2. The zero-order chi connectivity index (χ0) is 22.8. The van der Waals surface area contributed by atoms with Crippen LogP contribution in [-0.4, -0.2) is 49.4 Å². The number of nitrogens with zero attached hydrogens (tertiary/aromatic N) is 1. The zero-order valence-corrected chi connectivity index (χ0v) is 17.8. The fourth-order valence-corrected chi connectivity index (χ4v) is 4.52. The Morgan fingerprint density at radius 3 is 2.58 bits per heavy atom. The van der Waals surface area contributed by atoms with Crippen LogP contribution in [0.1, 0.15) is 18.0 Å². The lowest BCUT2D eigenvalue weighted by Gasteiger charge is -2.36. The summed E-state index contributed by atoms with van der Waals surface area (Å²) >= 11 is 5.73. The summed E-state index contributed by atoms with van der Waals surface area (Å²) in [5.74, 6) is -2.05. The third-order valence-electron chi connectivity index (χ3n) is 4.70. The molecule has 1 saturated heterocycles. The van der Waals surface area contributed by atoms with E-state index in [2.05, 4.69) is 10.0 Å². The van der Waals surface area contributed by atoms with Crippen LogP contribution in [0.5, 0.6) is 5.75 Å². The molecule has 0 unspecified atom stereocenters. The monoisotopic (exact) mass is 471 g/mol. The van der Waals surface area contributed by atoms with E-state index in [-0.39, 0.29) is 17.1 Å². The van der Waals surface area contributed by atoms with Crippen LogP contribution in [0, 0.1) is 5.82 Å². The molecule has 1 fully saturated rings. The van der Waals surface area contributed by atoms with Crippen LogP contribution in [0.15, 0.2) is 42.5 Å². The molecule has 12 heteroatoms. The zero-order valence-electron chi connectivity index (χ0n) is 16.2. The summed E-state index contributed by atoms with van der Waals surface area (Å²) in [7, 11) is -2.68. The van der Waals surface area contributed by atoms with Gasteiger partial charge in [0.1, 0.15) is 17.6 Å². The van der Waals surface area contributed by atoms with Gasteiger partial charge in [0.2, 0.25) is 5.91 Å². The second-order valence-corrected chi connectivity index (χ2v) is 8.98. The van der Waals surface area contributed by atoms with Crippen LogP contribution in [0.4, 0.5) is 10.1 Å². The van der Waals surface area contributed by atoms with Gasteiger partial charge in [0.05, 0.1) is 5.02 Å². The minimum Gasteiger partial charge on any atom is -0.482 e. The average molecular weight is 472 g/mol. The Morgan fingerprint density at radius 2 is 1.97 bits per heavy atom. The van der Waals surface area contributed by atoms with Gasteiger partial charge in [0.25, 0.3) is 10.2 Å². The Hall–Kier alpha value is -2.73. The van der Waals surface area contributed by atoms with Gasteiger partial charge in [0.15, 0.2) is 6.61 Å². The number of rotatable bonds is 6. The lowest BCUT2D eigenvalue weighted by Crippen LogP contribution is -2.55. The number of hydrogen-bond donors (Lipinski definition) is 3. The summed E-state index contributed by atoms with van der Waals surface area (Å²) in [4.78, 5) is 23.4. The molecule has 3 rings (SSSR count). The minimum atomic E-state index is -3.96. The number of carbonyl (C=O) groups excluding carboxylic acids is 1. The van der Waals surface area contributed by atoms with Crippen LogP contribution < -0.4 is 14.8 Å². The van der Waals surface area contributed by atoms with Crippen LogP contribution in [0.2, 0.25) is 5.02 Å². The molecule has 0 saturated carbocycles. The number of carbonyl (C=O) groups is 2. The molecular weight excluding hydrogens is 453 g/mol. The van der Waals surface area contributed by atoms with E-state index in [0.29, 0.717) is 11.3 Å². The molecule has 2 atom stereocenters. The van der Waals surface area contributed by atoms with Gasteiger partial charge in [-0.05, 0) is 42.3 Å². The van der Waals surface area contributed by atoms with Crippen LogP contribution >= 0.6 is 11.6 Å². The number of amides is 1. The van der Waals surface area contributed by atoms with Crippen molar-refractivity contribution in [2.45, 2.75) is 18.5 Å². The fraction of sp³-hybridized carbons (Fsp3) is 0.263. The van der Waals surface area contributed by atoms with Gasteiger partial charge >= 0.3 is 5.97 Å². The number of carboxylic acids is 1. The van der Waals surface area contributed by atoms with Crippen LogP contribution in [-0.2, 0) is 19.8 Å². The van der Waals surface area contributed by atoms with Crippen molar-refractivity contribution in [3.63, 3.8) is 0 Å². The maximum Gasteiger partial charge on any atom is 0.341 e. The smallest absolute Gasteiger partial charge is 0.341 e. The highest BCUT2D eigenvalue weighted by molar-refractivity contribution is 7.87. The Bertz CT molecular complexity index is 1100. The predicted octanol–water partition coefficient (Wildman–Crippen LogP) is 2.16. The first kappa shape index (κ1) is 22.9. The number of likely N-dealkylation sites (N-methyl/N-ethyl adjacent to an activating group) is 1. The first-order chi connectivity index (χ1) is 14.6. The van der Waals surface area contributed by atoms with Gasteiger partial charge in [-0.3, -0.25) is 4.79 Å². The number of carboxylic acid groups (broad SMARTS) is 1. The lowest BCUT2D eigenvalue weighted by molar-refractivity contribution is -0.139. The first-order valence-corrected chi connectivity index (χ1v) is 10.8. The van der Waals surface area contributed by atoms with Crippen molar-refractivity contribution < 1.29 is 32.2 Å². The van der Waals surface area contributed by atoms with E-state index in [4.69, 9.17) is 21.4 Å². The van der Waals surface area contributed by atoms with Gasteiger partial charge in [-0.25, -0.2) is 9.18 Å². The first-order valence-electron chi connectivity index (χ1n) is 9.02. The van der Waals surface area contributed by atoms with Crippen LogP contribution in [0.25, 0.3) is 0 Å². The van der Waals surface area contributed by atoms with Gasteiger partial charge < -0.3 is 15.2 Å². The molecule has 9 nitrogen and oxygen atoms in total. The maximum absolute atomic E-state index is 13.3. The summed E-state index contributed by atoms with van der Waals surface area (Å²) in [6.45, 7) is -0.504. The van der Waals surface area contributed by atoms with Crippen molar-refractivity contribution in [3.05, 3.63) is 58.9 Å². The molecule has 1 aliphatic rings. The largest absolute Gasteiger partial charge is 0.482 e. The highest BCUT2D eigenvalue weighted by atomic mass is 35.5. The summed E-state index contributed by atoms with van der Waals surface area (Å²) in [5.41, 5.74) is 0.805. The van der Waals surface area contributed by atoms with E-state index in [1.165, 1.54) is 31.3 Å². The van der Waals surface area contributed by atoms with Crippen LogP contribution in [0.3, 0.4) is 0 Å². The third-order valence-corrected chi connectivity index (χ3v) is 6.59. The molecule has 31 heavy (non-hydrogen) atoms. The Labute approximate surface area is 182 Å². The Morgan fingerprint density at radius 1 is 1.29 bits per heavy atom. The lowest BCUT2D eigenvalue weighted by atomic mass is 9.99. The van der Waals surface area contributed by atoms with E-state index in [9.17, 15) is 22.4 Å². The Kier molecular flexibility index (Phi) is 6.80. The molecule has 1 amide bonds. The van der Waals surface area contributed by atoms with E-state index in [0.717, 1.165) is 10.4 Å². The topological polar surface area (TPSA) is 125 Å². The van der Waals surface area contributed by atoms with Crippen molar-refractivity contribution in [3.8, 4) is 5.75 Å². The van der Waals surface area contributed by atoms with E-state index in [1.807, 2.05) is 0 Å². The summed E-state index contributed by atoms with van der Waals surface area (Å²) in [6.07, 6.45) is 0.117. The third kappa shape index (κ3) is 5.50. The molecule has 2 aromatic rings. The quantitative estimate of drug-likeness (QED) is 0.593. The van der Waals surface area contributed by atoms with Crippen molar-refractivity contribution in [2.24, 2.45) is 0 Å². The standard InChI is InChI=1S/C19H19ClFN3O6S/c1-24-17(19(27)22-12-4-7-15(21)14(20)8-12)9-16(23-31(24,28)29)11-2-5-13(6-3-11)30-10-18(25)26/h2-8,16-17,23H,9-10H2,1H3,(H,22,27)(H,25,26)/t16-,17+/m0/s1. The molecule has 0 spiro atoms. The average Bonchev–Trinajstić information content (AvgIpc) is 2.71. The number of anilines is 1. The second kappa shape index (κ2) is 9.18. The number of ether oxygens (including phenoxy) is 1. The SMILES string of the molecule is CN1[C@@H](C(=O)Nc2ccc(F)c(Cl)c2)C[C@@H](c2ccc(OCC(=O)O)cc2)NS1(=O)=O. The molecular formula is C19H19ClFN3O6S. The maximum atomic E-state index is 13.3. The van der Waals surface area contributed by atoms with Crippen molar-refractivity contribution >= 4 is 39.4 Å². The molecule has 0 aromatic heterocycles. The van der Waals surface area contributed by atoms with E-state index >= 15 is 0 Å².